The number of carbonyl (C=O) groups is 4. The van der Waals surface area contributed by atoms with Gasteiger partial charge in [-0.25, -0.2) is 19.2 Å². The molecule has 0 amide bonds. The van der Waals surface area contributed by atoms with Crippen molar-refractivity contribution in [1.82, 2.24) is 0 Å². The summed E-state index contributed by atoms with van der Waals surface area (Å²) in [6, 6.07) is 0. The van der Waals surface area contributed by atoms with Crippen molar-refractivity contribution in [2.45, 2.75) is 0 Å². The Kier molecular flexibility index (Phi) is 20.5. The molecule has 0 unspecified atom stereocenters. The third kappa shape index (κ3) is 23.9. The van der Waals surface area contributed by atoms with E-state index in [0.717, 1.165) is 0 Å². The number of quaternary nitrogens is 1. The Labute approximate surface area is 202 Å². The number of likely N-dealkylation sites (N-methyl/N-ethyl adjacent to an activating group) is 1. The Bertz CT molecular complexity index is 541. The summed E-state index contributed by atoms with van der Waals surface area (Å²) in [7, 11) is 3.96. The molecule has 0 saturated carbocycles. The summed E-state index contributed by atoms with van der Waals surface area (Å²) in [5, 5.41) is 16.5. The van der Waals surface area contributed by atoms with Gasteiger partial charge in [-0.15, -0.1) is 0 Å². The highest BCUT2D eigenvalue weighted by Crippen LogP contribution is 1.98. The molecule has 0 aromatic carbocycles. The van der Waals surface area contributed by atoms with Crippen LogP contribution in [0.4, 0.5) is 19.2 Å². The monoisotopic (exact) mass is 521 g/mol. The van der Waals surface area contributed by atoms with E-state index in [1.165, 1.54) is 0 Å². The molecule has 2 N–H and O–H groups in total. The van der Waals surface area contributed by atoms with Gasteiger partial charge in [0.1, 0.15) is 52.7 Å². The molecule has 15 nitrogen and oxygen atoms in total. The summed E-state index contributed by atoms with van der Waals surface area (Å²) in [5.74, 6) is 0. The van der Waals surface area contributed by atoms with Crippen LogP contribution in [-0.4, -0.2) is 133 Å². The number of rotatable bonds is 18. The zero-order valence-corrected chi connectivity index (χ0v) is 19.9. The Morgan fingerprint density at radius 2 is 0.824 bits per heavy atom. The minimum absolute atomic E-state index is 0. The Morgan fingerprint density at radius 1 is 0.529 bits per heavy atom. The van der Waals surface area contributed by atoms with E-state index in [2.05, 4.69) is 18.9 Å². The minimum atomic E-state index is -1.46. The van der Waals surface area contributed by atoms with Gasteiger partial charge in [0.2, 0.25) is 0 Å². The van der Waals surface area contributed by atoms with Gasteiger partial charge in [0.05, 0.1) is 40.5 Å². The molecule has 0 spiro atoms. The second kappa shape index (κ2) is 20.8. The topological polar surface area (TPSA) is 183 Å². The molecule has 0 bridgehead atoms. The van der Waals surface area contributed by atoms with Gasteiger partial charge in [-0.05, 0) is 0 Å². The molecule has 0 saturated heterocycles. The molecule has 0 rings (SSSR count). The van der Waals surface area contributed by atoms with Crippen LogP contribution in [0.25, 0.3) is 0 Å². The summed E-state index contributed by atoms with van der Waals surface area (Å²) in [6.07, 6.45) is -4.79. The summed E-state index contributed by atoms with van der Waals surface area (Å²) in [5.41, 5.74) is 0. The first kappa shape index (κ1) is 33.4. The molecule has 0 aromatic rings. The Morgan fingerprint density at radius 3 is 1.15 bits per heavy atom. The highest BCUT2D eigenvalue weighted by atomic mass is 35.5. The molecule has 0 aliphatic rings. The smallest absolute Gasteiger partial charge is 0.508 e. The van der Waals surface area contributed by atoms with E-state index in [9.17, 15) is 19.2 Å². The van der Waals surface area contributed by atoms with Gasteiger partial charge in [-0.2, -0.15) is 0 Å². The fourth-order valence-electron chi connectivity index (χ4n) is 1.90. The second-order valence-electron chi connectivity index (χ2n) is 6.73. The highest BCUT2D eigenvalue weighted by molar-refractivity contribution is 5.60. The van der Waals surface area contributed by atoms with Crippen LogP contribution in [0.15, 0.2) is 0 Å². The number of nitrogens with zero attached hydrogens (tertiary/aromatic N) is 1. The van der Waals surface area contributed by atoms with Crippen molar-refractivity contribution in [1.29, 1.82) is 0 Å². The summed E-state index contributed by atoms with van der Waals surface area (Å²) in [6.45, 7) is 1.47. The lowest BCUT2D eigenvalue weighted by molar-refractivity contribution is -0.891. The van der Waals surface area contributed by atoms with Crippen molar-refractivity contribution in [3.05, 3.63) is 0 Å². The first-order valence-corrected chi connectivity index (χ1v) is 9.90. The Balaban J connectivity index is 0. The number of carbonyl (C=O) groups excluding carboxylic acids is 2. The summed E-state index contributed by atoms with van der Waals surface area (Å²) in [4.78, 5) is 42.6. The maximum Gasteiger partial charge on any atom is 0.508 e. The first-order valence-electron chi connectivity index (χ1n) is 9.90. The standard InChI is InChI=1S/C18H31NO14.ClH/c1-19(2,3-5-26-7-9-30-17(24)32-13-11-28-15(20)21)4-6-27-8-10-31-18(25)33-14-12-29-16(22)23;/h3-14H2,1-2H3,(H-,20,21,22,23);1H. The van der Waals surface area contributed by atoms with Gasteiger partial charge in [-0.1, -0.05) is 0 Å². The van der Waals surface area contributed by atoms with E-state index in [1.54, 1.807) is 0 Å². The molecule has 0 aromatic heterocycles. The predicted octanol–water partition coefficient (Wildman–Crippen LogP) is -2.20. The van der Waals surface area contributed by atoms with Gasteiger partial charge in [0.25, 0.3) is 0 Å². The largest absolute Gasteiger partial charge is 1.00 e. The van der Waals surface area contributed by atoms with Crippen LogP contribution in [0.2, 0.25) is 0 Å². The van der Waals surface area contributed by atoms with Crippen LogP contribution in [0, 0.1) is 0 Å². The number of ether oxygens (including phenoxy) is 8. The van der Waals surface area contributed by atoms with Gasteiger partial charge in [-0.3, -0.25) is 0 Å². The molecule has 0 aliphatic carbocycles. The second-order valence-corrected chi connectivity index (χ2v) is 6.73. The molecular weight excluding hydrogens is 490 g/mol. The quantitative estimate of drug-likeness (QED) is 0.0856. The van der Waals surface area contributed by atoms with Crippen molar-refractivity contribution in [2.24, 2.45) is 0 Å². The fourth-order valence-corrected chi connectivity index (χ4v) is 1.90. The van der Waals surface area contributed by atoms with Gasteiger partial charge < -0.3 is 65.0 Å². The maximum absolute atomic E-state index is 11.2. The molecular formula is C18H32ClNO14. The minimum Gasteiger partial charge on any atom is -1.00 e. The van der Waals surface area contributed by atoms with Gasteiger partial charge in [0, 0.05) is 0 Å². The third-order valence-corrected chi connectivity index (χ3v) is 3.63. The van der Waals surface area contributed by atoms with Crippen molar-refractivity contribution in [2.75, 3.05) is 93.3 Å². The number of hydrogen-bond acceptors (Lipinski definition) is 12. The van der Waals surface area contributed by atoms with Crippen LogP contribution in [-0.2, 0) is 37.9 Å². The van der Waals surface area contributed by atoms with Crippen molar-refractivity contribution < 1.29 is 84.2 Å². The molecule has 16 heteroatoms. The molecule has 0 heterocycles. The van der Waals surface area contributed by atoms with Gasteiger partial charge in [0.15, 0.2) is 0 Å². The van der Waals surface area contributed by atoms with E-state index in [-0.39, 0.29) is 65.3 Å². The van der Waals surface area contributed by atoms with Crippen LogP contribution >= 0.6 is 0 Å². The zero-order chi connectivity index (χ0) is 25.0. The SMILES string of the molecule is C[N+](C)(CCOCCOC(=O)OCCOC(=O)O)CCOCCOC(=O)OCCOC(=O)O.[Cl-]. The molecule has 200 valence electrons. The van der Waals surface area contributed by atoms with E-state index in [0.29, 0.717) is 30.8 Å². The average Bonchev–Trinajstić information content (AvgIpc) is 2.73. The van der Waals surface area contributed by atoms with Gasteiger partial charge >= 0.3 is 24.6 Å². The predicted molar refractivity (Wildman–Crippen MR) is 106 cm³/mol. The molecule has 0 aliphatic heterocycles. The van der Waals surface area contributed by atoms with Crippen LogP contribution in [0.5, 0.6) is 0 Å². The third-order valence-electron chi connectivity index (χ3n) is 3.63. The maximum atomic E-state index is 11.2. The number of carboxylic acid groups (broad SMARTS) is 2. The molecule has 0 atom stereocenters. The summed E-state index contributed by atoms with van der Waals surface area (Å²) >= 11 is 0. The lowest BCUT2D eigenvalue weighted by atomic mass is 10.4. The lowest BCUT2D eigenvalue weighted by Crippen LogP contribution is -3.00. The van der Waals surface area contributed by atoms with Crippen LogP contribution in [0.1, 0.15) is 0 Å². The van der Waals surface area contributed by atoms with Crippen molar-refractivity contribution in [3.63, 3.8) is 0 Å². The molecule has 34 heavy (non-hydrogen) atoms. The van der Waals surface area contributed by atoms with E-state index in [1.807, 2.05) is 14.1 Å². The molecule has 0 fully saturated rings. The zero-order valence-electron chi connectivity index (χ0n) is 19.1. The number of hydrogen-bond donors (Lipinski definition) is 2. The van der Waals surface area contributed by atoms with Crippen molar-refractivity contribution in [3.8, 4) is 0 Å². The van der Waals surface area contributed by atoms with E-state index in [4.69, 9.17) is 29.2 Å². The van der Waals surface area contributed by atoms with Crippen molar-refractivity contribution >= 4 is 24.6 Å². The first-order chi connectivity index (χ1) is 15.6. The Hall–Kier alpha value is -2.75. The molecule has 0 radical (unpaired) electrons. The average molecular weight is 522 g/mol. The lowest BCUT2D eigenvalue weighted by Gasteiger charge is -2.29. The fraction of sp³-hybridized carbons (Fsp3) is 0.778. The van der Waals surface area contributed by atoms with E-state index < -0.39 is 24.6 Å². The van der Waals surface area contributed by atoms with E-state index >= 15 is 0 Å². The highest BCUT2D eigenvalue weighted by Gasteiger charge is 2.15. The summed E-state index contributed by atoms with van der Waals surface area (Å²) < 4.78 is 38.4. The van der Waals surface area contributed by atoms with Crippen LogP contribution < -0.4 is 12.4 Å². The van der Waals surface area contributed by atoms with Crippen LogP contribution in [0.3, 0.4) is 0 Å². The number of halogens is 1. The normalized spacial score (nSPS) is 10.4.